The van der Waals surface area contributed by atoms with Gasteiger partial charge in [0.1, 0.15) is 0 Å². The van der Waals surface area contributed by atoms with Crippen LogP contribution in [0.15, 0.2) is 66.2 Å². The molecule has 32 heavy (non-hydrogen) atoms. The standard InChI is InChI=1S/C25H19N3O3S/c1-2-23(29)28-10-8-16-4-5-17(13-18(16)14-28)19-7-9-26-21-6-3-15(11-20(19)21)12-22-24(30)27-25(31)32-22/h2-7,9,11-13H,1,8,10,14H2,(H,27,30,31)/b22-12-. The molecule has 7 heteroatoms. The van der Waals surface area contributed by atoms with E-state index >= 15 is 0 Å². The van der Waals surface area contributed by atoms with E-state index in [0.717, 1.165) is 51.3 Å². The van der Waals surface area contributed by atoms with Gasteiger partial charge in [-0.1, -0.05) is 24.8 Å². The molecule has 0 aliphatic carbocycles. The maximum absolute atomic E-state index is 12.1. The van der Waals surface area contributed by atoms with Gasteiger partial charge in [0, 0.05) is 24.7 Å². The average Bonchev–Trinajstić information content (AvgIpc) is 3.13. The van der Waals surface area contributed by atoms with Gasteiger partial charge in [-0.15, -0.1) is 0 Å². The van der Waals surface area contributed by atoms with Crippen LogP contribution in [0, 0.1) is 0 Å². The highest BCUT2D eigenvalue weighted by molar-refractivity contribution is 8.18. The minimum atomic E-state index is -0.375. The van der Waals surface area contributed by atoms with Gasteiger partial charge >= 0.3 is 0 Å². The highest BCUT2D eigenvalue weighted by atomic mass is 32.2. The van der Waals surface area contributed by atoms with Crippen LogP contribution in [0.3, 0.4) is 0 Å². The van der Waals surface area contributed by atoms with Gasteiger partial charge in [-0.05, 0) is 82.4 Å². The number of benzene rings is 2. The Balaban J connectivity index is 1.55. The van der Waals surface area contributed by atoms with Crippen LogP contribution in [0.1, 0.15) is 16.7 Å². The maximum Gasteiger partial charge on any atom is 0.290 e. The highest BCUT2D eigenvalue weighted by Crippen LogP contribution is 2.33. The fraction of sp³-hybridized carbons (Fsp3) is 0.120. The monoisotopic (exact) mass is 441 g/mol. The number of rotatable bonds is 3. The molecule has 2 aliphatic heterocycles. The summed E-state index contributed by atoms with van der Waals surface area (Å²) in [6.45, 7) is 4.86. The van der Waals surface area contributed by atoms with Crippen molar-refractivity contribution in [3.8, 4) is 11.1 Å². The Morgan fingerprint density at radius 1 is 1.12 bits per heavy atom. The minimum Gasteiger partial charge on any atom is -0.335 e. The van der Waals surface area contributed by atoms with Crippen molar-refractivity contribution in [1.29, 1.82) is 0 Å². The van der Waals surface area contributed by atoms with E-state index in [0.29, 0.717) is 18.0 Å². The number of nitrogens with zero attached hydrogens (tertiary/aromatic N) is 2. The quantitative estimate of drug-likeness (QED) is 0.613. The minimum absolute atomic E-state index is 0.0552. The van der Waals surface area contributed by atoms with E-state index in [2.05, 4.69) is 35.1 Å². The van der Waals surface area contributed by atoms with Crippen molar-refractivity contribution >= 4 is 45.8 Å². The summed E-state index contributed by atoms with van der Waals surface area (Å²) in [4.78, 5) is 42.1. The number of carbonyl (C=O) groups excluding carboxylic acids is 3. The van der Waals surface area contributed by atoms with Crippen LogP contribution in [-0.2, 0) is 22.6 Å². The number of thioether (sulfide) groups is 1. The summed E-state index contributed by atoms with van der Waals surface area (Å²) >= 11 is 0.901. The molecule has 3 amide bonds. The smallest absolute Gasteiger partial charge is 0.290 e. The first kappa shape index (κ1) is 20.2. The molecule has 1 N–H and O–H groups in total. The number of fused-ring (bicyclic) bond motifs is 2. The molecule has 5 rings (SSSR count). The average molecular weight is 442 g/mol. The molecule has 0 radical (unpaired) electrons. The van der Waals surface area contributed by atoms with E-state index in [1.807, 2.05) is 24.3 Å². The van der Waals surface area contributed by atoms with E-state index in [4.69, 9.17) is 0 Å². The van der Waals surface area contributed by atoms with Crippen LogP contribution in [-0.4, -0.2) is 33.5 Å². The van der Waals surface area contributed by atoms with Gasteiger partial charge in [-0.3, -0.25) is 24.7 Å². The molecule has 6 nitrogen and oxygen atoms in total. The number of amides is 3. The van der Waals surface area contributed by atoms with Crippen LogP contribution in [0.25, 0.3) is 28.1 Å². The van der Waals surface area contributed by atoms with Gasteiger partial charge < -0.3 is 4.90 Å². The van der Waals surface area contributed by atoms with Crippen LogP contribution in [0.5, 0.6) is 0 Å². The van der Waals surface area contributed by atoms with Crippen LogP contribution >= 0.6 is 11.8 Å². The lowest BCUT2D eigenvalue weighted by atomic mass is 9.93. The van der Waals surface area contributed by atoms with Gasteiger partial charge in [0.15, 0.2) is 0 Å². The molecule has 0 spiro atoms. The molecular formula is C25H19N3O3S. The molecule has 0 bridgehead atoms. The zero-order valence-corrected chi connectivity index (χ0v) is 17.9. The molecule has 158 valence electrons. The third-order valence-corrected chi connectivity index (χ3v) is 6.53. The SMILES string of the molecule is C=CC(=O)N1CCc2ccc(-c3ccnc4ccc(/C=C5\SC(=O)NC5=O)cc34)cc2C1. The zero-order chi connectivity index (χ0) is 22.2. The predicted octanol–water partition coefficient (Wildman–Crippen LogP) is 4.30. The van der Waals surface area contributed by atoms with Crippen molar-refractivity contribution in [3.05, 3.63) is 82.9 Å². The van der Waals surface area contributed by atoms with Crippen LogP contribution < -0.4 is 5.32 Å². The molecule has 0 unspecified atom stereocenters. The topological polar surface area (TPSA) is 79.4 Å². The molecule has 0 atom stereocenters. The van der Waals surface area contributed by atoms with Crippen molar-refractivity contribution in [3.63, 3.8) is 0 Å². The van der Waals surface area contributed by atoms with Gasteiger partial charge in [0.25, 0.3) is 11.1 Å². The van der Waals surface area contributed by atoms with E-state index in [1.54, 1.807) is 17.2 Å². The van der Waals surface area contributed by atoms with Crippen molar-refractivity contribution in [1.82, 2.24) is 15.2 Å². The summed E-state index contributed by atoms with van der Waals surface area (Å²) in [5.74, 6) is -0.430. The second-order valence-corrected chi connectivity index (χ2v) is 8.70. The third-order valence-electron chi connectivity index (χ3n) is 5.72. The molecule has 1 fully saturated rings. The molecule has 1 saturated heterocycles. The number of pyridine rings is 1. The molecule has 3 aromatic rings. The van der Waals surface area contributed by atoms with Crippen molar-refractivity contribution < 1.29 is 14.4 Å². The Kier molecular flexibility index (Phi) is 5.11. The van der Waals surface area contributed by atoms with Gasteiger partial charge in [0.05, 0.1) is 10.4 Å². The number of aromatic nitrogens is 1. The summed E-state index contributed by atoms with van der Waals surface area (Å²) in [6.07, 6.45) is 5.68. The Bertz CT molecular complexity index is 1350. The first-order valence-corrected chi connectivity index (χ1v) is 11.0. The number of carbonyl (C=O) groups is 3. The van der Waals surface area contributed by atoms with Gasteiger partial charge in [-0.25, -0.2) is 0 Å². The van der Waals surface area contributed by atoms with Crippen molar-refractivity contribution in [2.24, 2.45) is 0 Å². The Hall–Kier alpha value is -3.71. The second-order valence-electron chi connectivity index (χ2n) is 7.68. The molecular weight excluding hydrogens is 422 g/mol. The number of hydrogen-bond acceptors (Lipinski definition) is 5. The summed E-state index contributed by atoms with van der Waals surface area (Å²) in [6, 6.07) is 14.1. The van der Waals surface area contributed by atoms with Gasteiger partial charge in [-0.2, -0.15) is 0 Å². The Labute approximate surface area is 189 Å². The maximum atomic E-state index is 12.1. The fourth-order valence-electron chi connectivity index (χ4n) is 4.12. The normalized spacial score (nSPS) is 16.9. The lowest BCUT2D eigenvalue weighted by Gasteiger charge is -2.28. The number of imide groups is 1. The summed E-state index contributed by atoms with van der Waals surface area (Å²) in [5, 5.41) is 2.87. The Morgan fingerprint density at radius 3 is 2.78 bits per heavy atom. The molecule has 1 aromatic heterocycles. The van der Waals surface area contributed by atoms with Crippen LogP contribution in [0.4, 0.5) is 4.79 Å². The molecule has 2 aromatic carbocycles. The third kappa shape index (κ3) is 3.71. The number of hydrogen-bond donors (Lipinski definition) is 1. The largest absolute Gasteiger partial charge is 0.335 e. The number of nitrogens with one attached hydrogen (secondary N) is 1. The second kappa shape index (κ2) is 8.09. The van der Waals surface area contributed by atoms with Crippen LogP contribution in [0.2, 0.25) is 0 Å². The van der Waals surface area contributed by atoms with Crippen molar-refractivity contribution in [2.75, 3.05) is 6.54 Å². The summed E-state index contributed by atoms with van der Waals surface area (Å²) < 4.78 is 0. The van der Waals surface area contributed by atoms with E-state index < -0.39 is 0 Å². The lowest BCUT2D eigenvalue weighted by Crippen LogP contribution is -2.34. The first-order chi connectivity index (χ1) is 15.5. The fourth-order valence-corrected chi connectivity index (χ4v) is 4.80. The highest BCUT2D eigenvalue weighted by Gasteiger charge is 2.25. The van der Waals surface area contributed by atoms with Crippen molar-refractivity contribution in [2.45, 2.75) is 13.0 Å². The Morgan fingerprint density at radius 2 is 2.00 bits per heavy atom. The van der Waals surface area contributed by atoms with E-state index in [1.165, 1.54) is 11.6 Å². The molecule has 3 heterocycles. The predicted molar refractivity (Wildman–Crippen MR) is 126 cm³/mol. The van der Waals surface area contributed by atoms with E-state index in [-0.39, 0.29) is 17.1 Å². The first-order valence-electron chi connectivity index (χ1n) is 10.2. The summed E-state index contributed by atoms with van der Waals surface area (Å²) in [7, 11) is 0. The summed E-state index contributed by atoms with van der Waals surface area (Å²) in [5.41, 5.74) is 6.09. The van der Waals surface area contributed by atoms with Gasteiger partial charge in [0.2, 0.25) is 5.91 Å². The lowest BCUT2D eigenvalue weighted by molar-refractivity contribution is -0.126. The molecule has 0 saturated carbocycles. The van der Waals surface area contributed by atoms with E-state index in [9.17, 15) is 14.4 Å². The molecule has 2 aliphatic rings. The zero-order valence-electron chi connectivity index (χ0n) is 17.1.